The standard InChI is InChI=1S/C21H25NO6/c1-6-26-16-11-14(9-10-15(16)23)19-17(20(24)27-7-2)12(4)22-13(5)18(19)21(25)28-8-3/h9-11,23H,6-8H2,1-5H3. The molecule has 1 heterocycles. The minimum atomic E-state index is -0.584. The van der Waals surface area contributed by atoms with Gasteiger partial charge in [-0.1, -0.05) is 6.07 Å². The summed E-state index contributed by atoms with van der Waals surface area (Å²) in [6.07, 6.45) is 0. The summed E-state index contributed by atoms with van der Waals surface area (Å²) in [4.78, 5) is 29.7. The molecule has 2 aromatic rings. The van der Waals surface area contributed by atoms with Crippen LogP contribution in [0.3, 0.4) is 0 Å². The number of carbonyl (C=O) groups is 2. The zero-order valence-corrected chi connectivity index (χ0v) is 16.8. The molecule has 0 aliphatic carbocycles. The molecule has 0 aliphatic rings. The quantitative estimate of drug-likeness (QED) is 0.722. The lowest BCUT2D eigenvalue weighted by atomic mass is 9.92. The first-order valence-corrected chi connectivity index (χ1v) is 9.17. The topological polar surface area (TPSA) is 95.0 Å². The molecule has 0 aliphatic heterocycles. The molecule has 1 aromatic carbocycles. The lowest BCUT2D eigenvalue weighted by Crippen LogP contribution is -2.17. The van der Waals surface area contributed by atoms with E-state index in [9.17, 15) is 14.7 Å². The molecule has 0 amide bonds. The Hall–Kier alpha value is -3.09. The Bertz CT molecular complexity index is 849. The molecule has 0 fully saturated rings. The zero-order chi connectivity index (χ0) is 20.8. The fraction of sp³-hybridized carbons (Fsp3) is 0.381. The van der Waals surface area contributed by atoms with Crippen LogP contribution in [0.25, 0.3) is 11.1 Å². The van der Waals surface area contributed by atoms with Gasteiger partial charge in [-0.25, -0.2) is 9.59 Å². The summed E-state index contributed by atoms with van der Waals surface area (Å²) in [6, 6.07) is 4.64. The number of phenols is 1. The van der Waals surface area contributed by atoms with Crippen molar-refractivity contribution in [1.82, 2.24) is 4.98 Å². The monoisotopic (exact) mass is 387 g/mol. The number of aromatic hydroxyl groups is 1. The second-order valence-corrected chi connectivity index (χ2v) is 5.96. The van der Waals surface area contributed by atoms with Crippen LogP contribution in [0.15, 0.2) is 18.2 Å². The van der Waals surface area contributed by atoms with Crippen molar-refractivity contribution in [2.24, 2.45) is 0 Å². The highest BCUT2D eigenvalue weighted by Gasteiger charge is 2.28. The highest BCUT2D eigenvalue weighted by atomic mass is 16.5. The highest BCUT2D eigenvalue weighted by molar-refractivity contribution is 6.07. The zero-order valence-electron chi connectivity index (χ0n) is 16.8. The summed E-state index contributed by atoms with van der Waals surface area (Å²) in [6.45, 7) is 9.27. The molecule has 2 rings (SSSR count). The van der Waals surface area contributed by atoms with E-state index < -0.39 is 11.9 Å². The van der Waals surface area contributed by atoms with Gasteiger partial charge in [-0.05, 0) is 52.3 Å². The molecule has 150 valence electrons. The van der Waals surface area contributed by atoms with Crippen LogP contribution in [0.1, 0.15) is 52.9 Å². The molecule has 0 unspecified atom stereocenters. The van der Waals surface area contributed by atoms with Crippen molar-refractivity contribution in [3.05, 3.63) is 40.7 Å². The molecule has 0 atom stereocenters. The van der Waals surface area contributed by atoms with E-state index in [1.165, 1.54) is 6.07 Å². The van der Waals surface area contributed by atoms with Gasteiger partial charge >= 0.3 is 11.9 Å². The van der Waals surface area contributed by atoms with Crippen molar-refractivity contribution in [3.63, 3.8) is 0 Å². The van der Waals surface area contributed by atoms with Crippen molar-refractivity contribution >= 4 is 11.9 Å². The number of pyridine rings is 1. The van der Waals surface area contributed by atoms with Crippen molar-refractivity contribution in [1.29, 1.82) is 0 Å². The van der Waals surface area contributed by atoms with E-state index in [1.807, 2.05) is 0 Å². The summed E-state index contributed by atoms with van der Waals surface area (Å²) in [7, 11) is 0. The van der Waals surface area contributed by atoms with Crippen LogP contribution < -0.4 is 4.74 Å². The molecule has 0 saturated carbocycles. The first-order valence-electron chi connectivity index (χ1n) is 9.17. The van der Waals surface area contributed by atoms with Gasteiger partial charge < -0.3 is 19.3 Å². The van der Waals surface area contributed by atoms with Gasteiger partial charge in [-0.2, -0.15) is 0 Å². The van der Waals surface area contributed by atoms with E-state index in [-0.39, 0.29) is 35.8 Å². The average molecular weight is 387 g/mol. The number of hydrogen-bond donors (Lipinski definition) is 1. The lowest BCUT2D eigenvalue weighted by molar-refractivity contribution is 0.0525. The molecule has 0 saturated heterocycles. The molecule has 1 aromatic heterocycles. The molecule has 28 heavy (non-hydrogen) atoms. The van der Waals surface area contributed by atoms with Crippen molar-refractivity contribution < 1.29 is 28.9 Å². The fourth-order valence-corrected chi connectivity index (χ4v) is 2.99. The summed E-state index contributed by atoms with van der Waals surface area (Å²) in [5, 5.41) is 10.0. The van der Waals surface area contributed by atoms with Crippen LogP contribution >= 0.6 is 0 Å². The van der Waals surface area contributed by atoms with E-state index in [4.69, 9.17) is 14.2 Å². The summed E-state index contributed by atoms with van der Waals surface area (Å²) >= 11 is 0. The van der Waals surface area contributed by atoms with E-state index in [2.05, 4.69) is 4.98 Å². The van der Waals surface area contributed by atoms with E-state index >= 15 is 0 Å². The average Bonchev–Trinajstić information content (AvgIpc) is 2.63. The maximum Gasteiger partial charge on any atom is 0.340 e. The Kier molecular flexibility index (Phi) is 6.98. The van der Waals surface area contributed by atoms with Crippen LogP contribution in [0.5, 0.6) is 11.5 Å². The molecular weight excluding hydrogens is 362 g/mol. The molecule has 7 heteroatoms. The summed E-state index contributed by atoms with van der Waals surface area (Å²) in [5.74, 6) is -0.960. The maximum atomic E-state index is 12.7. The second kappa shape index (κ2) is 9.21. The summed E-state index contributed by atoms with van der Waals surface area (Å²) in [5.41, 5.74) is 2.10. The van der Waals surface area contributed by atoms with Gasteiger partial charge in [0.25, 0.3) is 0 Å². The predicted octanol–water partition coefficient (Wildman–Crippen LogP) is 3.82. The first-order chi connectivity index (χ1) is 13.3. The molecule has 1 N–H and O–H groups in total. The van der Waals surface area contributed by atoms with Crippen LogP contribution in [0.4, 0.5) is 0 Å². The number of carbonyl (C=O) groups excluding carboxylic acids is 2. The van der Waals surface area contributed by atoms with Crippen molar-refractivity contribution in [2.45, 2.75) is 34.6 Å². The lowest BCUT2D eigenvalue weighted by Gasteiger charge is -2.18. The number of benzene rings is 1. The minimum Gasteiger partial charge on any atom is -0.504 e. The maximum absolute atomic E-state index is 12.7. The number of hydrogen-bond acceptors (Lipinski definition) is 7. The largest absolute Gasteiger partial charge is 0.504 e. The number of ether oxygens (including phenoxy) is 3. The van der Waals surface area contributed by atoms with Crippen molar-refractivity contribution in [3.8, 4) is 22.6 Å². The normalized spacial score (nSPS) is 10.5. The third-order valence-electron chi connectivity index (χ3n) is 4.07. The van der Waals surface area contributed by atoms with Gasteiger partial charge in [0, 0.05) is 5.56 Å². The second-order valence-electron chi connectivity index (χ2n) is 5.96. The molecule has 0 radical (unpaired) electrons. The van der Waals surface area contributed by atoms with Gasteiger partial charge in [0.05, 0.1) is 42.3 Å². The molecule has 7 nitrogen and oxygen atoms in total. The first kappa shape index (κ1) is 21.2. The van der Waals surface area contributed by atoms with E-state index in [0.717, 1.165) is 0 Å². The predicted molar refractivity (Wildman–Crippen MR) is 104 cm³/mol. The number of aromatic nitrogens is 1. The van der Waals surface area contributed by atoms with Gasteiger partial charge in [0.15, 0.2) is 11.5 Å². The smallest absolute Gasteiger partial charge is 0.340 e. The number of nitrogens with zero attached hydrogens (tertiary/aromatic N) is 1. The third-order valence-corrected chi connectivity index (χ3v) is 4.07. The Labute approximate surface area is 164 Å². The number of aryl methyl sites for hydroxylation is 2. The van der Waals surface area contributed by atoms with E-state index in [1.54, 1.807) is 46.8 Å². The van der Waals surface area contributed by atoms with Crippen LogP contribution in [-0.2, 0) is 9.47 Å². The third kappa shape index (κ3) is 4.24. The van der Waals surface area contributed by atoms with Gasteiger partial charge in [0.2, 0.25) is 0 Å². The molecule has 0 bridgehead atoms. The highest BCUT2D eigenvalue weighted by Crippen LogP contribution is 2.37. The van der Waals surface area contributed by atoms with Gasteiger partial charge in [-0.15, -0.1) is 0 Å². The Morgan fingerprint density at radius 1 is 0.929 bits per heavy atom. The SMILES string of the molecule is CCOC(=O)c1c(C)nc(C)c(C(=O)OCC)c1-c1ccc(O)c(OCC)c1. The number of phenolic OH excluding ortho intramolecular Hbond substituents is 1. The minimum absolute atomic E-state index is 0.0385. The van der Waals surface area contributed by atoms with E-state index in [0.29, 0.717) is 29.1 Å². The van der Waals surface area contributed by atoms with Crippen LogP contribution in [0, 0.1) is 13.8 Å². The van der Waals surface area contributed by atoms with Gasteiger partial charge in [0.1, 0.15) is 0 Å². The van der Waals surface area contributed by atoms with Crippen LogP contribution in [-0.4, -0.2) is 41.8 Å². The number of esters is 2. The Balaban J connectivity index is 2.86. The fourth-order valence-electron chi connectivity index (χ4n) is 2.99. The molecule has 0 spiro atoms. The Morgan fingerprint density at radius 3 is 1.93 bits per heavy atom. The summed E-state index contributed by atoms with van der Waals surface area (Å²) < 4.78 is 15.8. The molecular formula is C21H25NO6. The van der Waals surface area contributed by atoms with Crippen LogP contribution in [0.2, 0.25) is 0 Å². The number of rotatable bonds is 7. The van der Waals surface area contributed by atoms with Gasteiger partial charge in [-0.3, -0.25) is 4.98 Å². The van der Waals surface area contributed by atoms with Crippen molar-refractivity contribution in [2.75, 3.05) is 19.8 Å². The Morgan fingerprint density at radius 2 is 1.46 bits per heavy atom.